The van der Waals surface area contributed by atoms with Gasteiger partial charge in [0.25, 0.3) is 0 Å². The van der Waals surface area contributed by atoms with Crippen molar-refractivity contribution < 1.29 is 5.11 Å². The molecule has 15 heavy (non-hydrogen) atoms. The molecule has 0 aromatic rings. The van der Waals surface area contributed by atoms with Gasteiger partial charge in [0.05, 0.1) is 5.60 Å². The lowest BCUT2D eigenvalue weighted by Gasteiger charge is -2.42. The third-order valence-electron chi connectivity index (χ3n) is 6.51. The van der Waals surface area contributed by atoms with E-state index >= 15 is 0 Å². The Morgan fingerprint density at radius 3 is 1.73 bits per heavy atom. The Morgan fingerprint density at radius 1 is 0.800 bits per heavy atom. The van der Waals surface area contributed by atoms with Gasteiger partial charge in [-0.15, -0.1) is 0 Å². The molecule has 0 radical (unpaired) electrons. The summed E-state index contributed by atoms with van der Waals surface area (Å²) in [5.74, 6) is 0.690. The van der Waals surface area contributed by atoms with Crippen LogP contribution in [0.5, 0.6) is 0 Å². The van der Waals surface area contributed by atoms with E-state index in [0.717, 1.165) is 0 Å². The molecule has 5 aliphatic rings. The Labute approximate surface area is 92.3 Å². The van der Waals surface area contributed by atoms with Gasteiger partial charge in [0, 0.05) is 0 Å². The van der Waals surface area contributed by atoms with Gasteiger partial charge in [-0.25, -0.2) is 0 Å². The van der Waals surface area contributed by atoms with Crippen LogP contribution in [0.3, 0.4) is 0 Å². The SMILES string of the molecule is OC12CC34CCCCCCC3(CC1C4)C2. The van der Waals surface area contributed by atoms with Crippen molar-refractivity contribution in [3.05, 3.63) is 0 Å². The zero-order valence-corrected chi connectivity index (χ0v) is 9.60. The highest BCUT2D eigenvalue weighted by Crippen LogP contribution is 2.80. The third-order valence-corrected chi connectivity index (χ3v) is 6.51. The van der Waals surface area contributed by atoms with Gasteiger partial charge in [0.15, 0.2) is 0 Å². The third kappa shape index (κ3) is 0.868. The van der Waals surface area contributed by atoms with Crippen LogP contribution >= 0.6 is 0 Å². The highest BCUT2D eigenvalue weighted by Gasteiger charge is 2.76. The van der Waals surface area contributed by atoms with Crippen molar-refractivity contribution in [3.63, 3.8) is 0 Å². The lowest BCUT2D eigenvalue weighted by atomic mass is 9.62. The van der Waals surface area contributed by atoms with Gasteiger partial charge in [-0.05, 0) is 55.3 Å². The second-order valence-corrected chi connectivity index (χ2v) is 7.04. The maximum absolute atomic E-state index is 10.7. The molecule has 2 atom stereocenters. The monoisotopic (exact) mass is 206 g/mol. The van der Waals surface area contributed by atoms with Crippen molar-refractivity contribution in [2.75, 3.05) is 0 Å². The van der Waals surface area contributed by atoms with Crippen LogP contribution in [0.15, 0.2) is 0 Å². The average molecular weight is 206 g/mol. The molecule has 0 aromatic carbocycles. The standard InChI is InChI=1S/C14H22O/c15-14-9-12-5-3-1-2-4-6-13(12,10-14)8-11(14)7-12/h11,15H,1-10H2. The fourth-order valence-corrected chi connectivity index (χ4v) is 6.06. The molecule has 84 valence electrons. The number of hydrogen-bond acceptors (Lipinski definition) is 1. The van der Waals surface area contributed by atoms with E-state index in [4.69, 9.17) is 0 Å². The largest absolute Gasteiger partial charge is 0.390 e. The average Bonchev–Trinajstić information content (AvgIpc) is 2.71. The van der Waals surface area contributed by atoms with Crippen molar-refractivity contribution >= 4 is 0 Å². The van der Waals surface area contributed by atoms with Crippen LogP contribution in [-0.2, 0) is 0 Å². The van der Waals surface area contributed by atoms with E-state index in [0.29, 0.717) is 16.7 Å². The molecular formula is C14H22O. The lowest BCUT2D eigenvalue weighted by Crippen LogP contribution is -2.33. The Kier molecular flexibility index (Phi) is 1.47. The van der Waals surface area contributed by atoms with Crippen LogP contribution in [0.2, 0.25) is 0 Å². The number of aliphatic hydroxyl groups is 1. The Bertz CT molecular complexity index is 284. The summed E-state index contributed by atoms with van der Waals surface area (Å²) in [5, 5.41) is 10.7. The van der Waals surface area contributed by atoms with Crippen LogP contribution in [0.4, 0.5) is 0 Å². The molecule has 1 heteroatoms. The van der Waals surface area contributed by atoms with Gasteiger partial charge in [-0.2, -0.15) is 0 Å². The summed E-state index contributed by atoms with van der Waals surface area (Å²) in [5.41, 5.74) is 1.00. The second-order valence-electron chi connectivity index (χ2n) is 7.04. The first-order valence-electron chi connectivity index (χ1n) is 6.91. The number of hydrogen-bond donors (Lipinski definition) is 1. The molecule has 1 N–H and O–H groups in total. The van der Waals surface area contributed by atoms with Gasteiger partial charge in [0.2, 0.25) is 0 Å². The van der Waals surface area contributed by atoms with Crippen molar-refractivity contribution in [3.8, 4) is 0 Å². The summed E-state index contributed by atoms with van der Waals surface area (Å²) in [6.45, 7) is 0. The van der Waals surface area contributed by atoms with Crippen LogP contribution in [-0.4, -0.2) is 10.7 Å². The summed E-state index contributed by atoms with van der Waals surface area (Å²) in [7, 11) is 0. The van der Waals surface area contributed by atoms with Crippen molar-refractivity contribution in [1.82, 2.24) is 0 Å². The minimum absolute atomic E-state index is 0.204. The molecule has 4 bridgehead atoms. The molecule has 2 spiro atoms. The van der Waals surface area contributed by atoms with E-state index in [-0.39, 0.29) is 5.60 Å². The lowest BCUT2D eigenvalue weighted by molar-refractivity contribution is 0.0257. The van der Waals surface area contributed by atoms with Crippen molar-refractivity contribution in [2.24, 2.45) is 16.7 Å². The van der Waals surface area contributed by atoms with Crippen molar-refractivity contribution in [2.45, 2.75) is 69.8 Å². The predicted molar refractivity (Wildman–Crippen MR) is 59.5 cm³/mol. The van der Waals surface area contributed by atoms with E-state index in [1.165, 1.54) is 64.2 Å². The minimum Gasteiger partial charge on any atom is -0.390 e. The molecule has 5 aliphatic carbocycles. The predicted octanol–water partition coefficient (Wildman–Crippen LogP) is 3.26. The molecule has 2 unspecified atom stereocenters. The summed E-state index contributed by atoms with van der Waals surface area (Å²) in [6, 6.07) is 0. The second kappa shape index (κ2) is 2.45. The van der Waals surface area contributed by atoms with Crippen LogP contribution < -0.4 is 0 Å². The Balaban J connectivity index is 1.78. The van der Waals surface area contributed by atoms with E-state index in [2.05, 4.69) is 0 Å². The first-order chi connectivity index (χ1) is 7.18. The first kappa shape index (κ1) is 9.04. The summed E-state index contributed by atoms with van der Waals surface area (Å²) in [6.07, 6.45) is 13.7. The van der Waals surface area contributed by atoms with E-state index < -0.39 is 0 Å². The highest BCUT2D eigenvalue weighted by atomic mass is 16.3. The Morgan fingerprint density at radius 2 is 1.33 bits per heavy atom. The van der Waals surface area contributed by atoms with Crippen LogP contribution in [0.25, 0.3) is 0 Å². The summed E-state index contributed by atoms with van der Waals surface area (Å²) in [4.78, 5) is 0. The van der Waals surface area contributed by atoms with Crippen LogP contribution in [0, 0.1) is 16.7 Å². The molecular weight excluding hydrogens is 184 g/mol. The maximum Gasteiger partial charge on any atom is 0.0687 e. The van der Waals surface area contributed by atoms with E-state index in [9.17, 15) is 5.11 Å². The van der Waals surface area contributed by atoms with Gasteiger partial charge in [-0.3, -0.25) is 0 Å². The zero-order valence-electron chi connectivity index (χ0n) is 9.60. The first-order valence-corrected chi connectivity index (χ1v) is 6.91. The molecule has 0 heterocycles. The minimum atomic E-state index is -0.204. The van der Waals surface area contributed by atoms with Crippen molar-refractivity contribution in [1.29, 1.82) is 0 Å². The molecule has 5 fully saturated rings. The van der Waals surface area contributed by atoms with Gasteiger partial charge in [0.1, 0.15) is 0 Å². The Hall–Kier alpha value is -0.0400. The highest BCUT2D eigenvalue weighted by molar-refractivity contribution is 5.26. The zero-order chi connectivity index (χ0) is 10.1. The number of rotatable bonds is 0. The molecule has 5 rings (SSSR count). The molecule has 0 aromatic heterocycles. The summed E-state index contributed by atoms with van der Waals surface area (Å²) < 4.78 is 0. The van der Waals surface area contributed by atoms with Gasteiger partial charge >= 0.3 is 0 Å². The smallest absolute Gasteiger partial charge is 0.0687 e. The molecule has 0 aliphatic heterocycles. The van der Waals surface area contributed by atoms with E-state index in [1.807, 2.05) is 0 Å². The van der Waals surface area contributed by atoms with Gasteiger partial charge in [-0.1, -0.05) is 25.7 Å². The fraction of sp³-hybridized carbons (Fsp3) is 1.00. The fourth-order valence-electron chi connectivity index (χ4n) is 6.06. The molecule has 0 saturated heterocycles. The molecule has 5 saturated carbocycles. The normalized spacial score (nSPS) is 61.8. The quantitative estimate of drug-likeness (QED) is 0.645. The molecule has 1 nitrogen and oxygen atoms in total. The maximum atomic E-state index is 10.7. The van der Waals surface area contributed by atoms with E-state index in [1.54, 1.807) is 0 Å². The molecule has 0 amide bonds. The summed E-state index contributed by atoms with van der Waals surface area (Å²) >= 11 is 0. The van der Waals surface area contributed by atoms with Gasteiger partial charge < -0.3 is 5.11 Å². The topological polar surface area (TPSA) is 20.2 Å². The van der Waals surface area contributed by atoms with Crippen LogP contribution in [0.1, 0.15) is 64.2 Å².